The van der Waals surface area contributed by atoms with Crippen LogP contribution < -0.4 is 0 Å². The normalized spacial score (nSPS) is 17.9. The zero-order valence-electron chi connectivity index (χ0n) is 7.22. The van der Waals surface area contributed by atoms with Crippen LogP contribution in [0.4, 0.5) is 0 Å². The number of aromatic nitrogens is 2. The topological polar surface area (TPSA) is 45.8 Å². The lowest BCUT2D eigenvalue weighted by molar-refractivity contribution is 0.111. The van der Waals surface area contributed by atoms with E-state index in [9.17, 15) is 4.79 Å². The molecule has 0 unspecified atom stereocenters. The Labute approximate surface area is 81.5 Å². The molecule has 1 heterocycles. The number of nitrogens with one attached hydrogen (secondary N) is 1. The highest BCUT2D eigenvalue weighted by atomic mass is 35.5. The van der Waals surface area contributed by atoms with Crippen LogP contribution in [0.3, 0.4) is 0 Å². The van der Waals surface area contributed by atoms with E-state index in [-0.39, 0.29) is 0 Å². The molecule has 0 bridgehead atoms. The number of rotatable bonds is 2. The molecule has 1 aromatic heterocycles. The second-order valence-electron chi connectivity index (χ2n) is 3.42. The van der Waals surface area contributed by atoms with Crippen molar-refractivity contribution in [1.29, 1.82) is 0 Å². The van der Waals surface area contributed by atoms with Crippen molar-refractivity contribution in [1.82, 2.24) is 9.97 Å². The largest absolute Gasteiger partial charge is 0.332 e. The minimum Gasteiger partial charge on any atom is -0.332 e. The summed E-state index contributed by atoms with van der Waals surface area (Å²) in [5.74, 6) is 1.36. The van der Waals surface area contributed by atoms with Crippen molar-refractivity contribution < 1.29 is 4.79 Å². The lowest BCUT2D eigenvalue weighted by Gasteiger charge is -2.02. The van der Waals surface area contributed by atoms with E-state index < -0.39 is 0 Å². The third kappa shape index (κ3) is 1.61. The SMILES string of the molecule is O=Cc1nc(C2CCCC2)[nH]c1Cl. The average Bonchev–Trinajstić information content (AvgIpc) is 2.71. The number of imidazole rings is 1. The Bertz CT molecular complexity index is 315. The Balaban J connectivity index is 2.24. The van der Waals surface area contributed by atoms with Gasteiger partial charge in [0.1, 0.15) is 16.7 Å². The molecule has 0 amide bonds. The monoisotopic (exact) mass is 198 g/mol. The first-order valence-electron chi connectivity index (χ1n) is 4.52. The second-order valence-corrected chi connectivity index (χ2v) is 3.80. The number of hydrogen-bond acceptors (Lipinski definition) is 2. The Morgan fingerprint density at radius 1 is 1.46 bits per heavy atom. The summed E-state index contributed by atoms with van der Waals surface area (Å²) in [4.78, 5) is 17.6. The number of carbonyl (C=O) groups is 1. The van der Waals surface area contributed by atoms with Crippen molar-refractivity contribution in [2.75, 3.05) is 0 Å². The average molecular weight is 199 g/mol. The molecule has 4 heteroatoms. The van der Waals surface area contributed by atoms with E-state index in [1.54, 1.807) is 0 Å². The predicted octanol–water partition coefficient (Wildman–Crippen LogP) is 2.53. The van der Waals surface area contributed by atoms with Crippen molar-refractivity contribution in [2.45, 2.75) is 31.6 Å². The number of hydrogen-bond donors (Lipinski definition) is 1. The number of aldehydes is 1. The summed E-state index contributed by atoms with van der Waals surface area (Å²) in [5.41, 5.74) is 0.337. The van der Waals surface area contributed by atoms with Gasteiger partial charge in [0.05, 0.1) is 0 Å². The Morgan fingerprint density at radius 3 is 2.69 bits per heavy atom. The summed E-state index contributed by atoms with van der Waals surface area (Å²) in [5, 5.41) is 0.372. The molecular weight excluding hydrogens is 188 g/mol. The Kier molecular flexibility index (Phi) is 2.36. The van der Waals surface area contributed by atoms with Gasteiger partial charge in [-0.3, -0.25) is 4.79 Å². The lowest BCUT2D eigenvalue weighted by Crippen LogP contribution is -1.94. The first kappa shape index (κ1) is 8.75. The molecule has 1 aliphatic rings. The van der Waals surface area contributed by atoms with Gasteiger partial charge in [0.15, 0.2) is 6.29 Å². The molecular formula is C9H11ClN2O. The molecule has 1 aromatic rings. The van der Waals surface area contributed by atoms with Crippen molar-refractivity contribution >= 4 is 17.9 Å². The van der Waals surface area contributed by atoms with E-state index >= 15 is 0 Å². The number of carbonyl (C=O) groups excluding carboxylic acids is 1. The van der Waals surface area contributed by atoms with Crippen molar-refractivity contribution in [3.05, 3.63) is 16.7 Å². The molecule has 2 rings (SSSR count). The lowest BCUT2D eigenvalue weighted by atomic mass is 10.1. The van der Waals surface area contributed by atoms with Crippen LogP contribution in [0.25, 0.3) is 0 Å². The Morgan fingerprint density at radius 2 is 2.15 bits per heavy atom. The van der Waals surface area contributed by atoms with Gasteiger partial charge in [-0.1, -0.05) is 24.4 Å². The highest BCUT2D eigenvalue weighted by Crippen LogP contribution is 2.33. The third-order valence-electron chi connectivity index (χ3n) is 2.56. The summed E-state index contributed by atoms with van der Waals surface area (Å²) >= 11 is 5.77. The third-order valence-corrected chi connectivity index (χ3v) is 2.85. The van der Waals surface area contributed by atoms with Crippen LogP contribution in [0.1, 0.15) is 47.9 Å². The molecule has 1 N–H and O–H groups in total. The van der Waals surface area contributed by atoms with Gasteiger partial charge >= 0.3 is 0 Å². The van der Waals surface area contributed by atoms with Crippen molar-refractivity contribution in [2.24, 2.45) is 0 Å². The van der Waals surface area contributed by atoms with Gasteiger partial charge in [0.2, 0.25) is 0 Å². The van der Waals surface area contributed by atoms with Crippen LogP contribution in [0.5, 0.6) is 0 Å². The maximum absolute atomic E-state index is 10.5. The molecule has 13 heavy (non-hydrogen) atoms. The van der Waals surface area contributed by atoms with E-state index in [2.05, 4.69) is 9.97 Å². The molecule has 0 spiro atoms. The number of aromatic amines is 1. The zero-order chi connectivity index (χ0) is 9.26. The molecule has 0 saturated heterocycles. The van der Waals surface area contributed by atoms with E-state index in [1.807, 2.05) is 0 Å². The highest BCUT2D eigenvalue weighted by Gasteiger charge is 2.21. The van der Waals surface area contributed by atoms with Crippen LogP contribution in [0.15, 0.2) is 0 Å². The number of H-pyrrole nitrogens is 1. The zero-order valence-corrected chi connectivity index (χ0v) is 7.97. The molecule has 1 fully saturated rings. The first-order valence-corrected chi connectivity index (χ1v) is 4.89. The van der Waals surface area contributed by atoms with Crippen LogP contribution in [0.2, 0.25) is 5.15 Å². The maximum Gasteiger partial charge on any atom is 0.171 e. The van der Waals surface area contributed by atoms with Gasteiger partial charge in [0.25, 0.3) is 0 Å². The standard InChI is InChI=1S/C9H11ClN2O/c10-8-7(5-13)11-9(12-8)6-3-1-2-4-6/h5-6H,1-4H2,(H,11,12). The summed E-state index contributed by atoms with van der Waals surface area (Å²) in [6, 6.07) is 0. The Hall–Kier alpha value is -0.830. The molecule has 3 nitrogen and oxygen atoms in total. The molecule has 0 aromatic carbocycles. The summed E-state index contributed by atoms with van der Waals surface area (Å²) in [6.07, 6.45) is 5.50. The van der Waals surface area contributed by atoms with E-state index in [4.69, 9.17) is 11.6 Å². The highest BCUT2D eigenvalue weighted by molar-refractivity contribution is 6.31. The predicted molar refractivity (Wildman–Crippen MR) is 50.2 cm³/mol. The smallest absolute Gasteiger partial charge is 0.171 e. The van der Waals surface area contributed by atoms with Gasteiger partial charge in [-0.15, -0.1) is 0 Å². The maximum atomic E-state index is 10.5. The fourth-order valence-electron chi connectivity index (χ4n) is 1.85. The van der Waals surface area contributed by atoms with Gasteiger partial charge in [-0.25, -0.2) is 4.98 Å². The minimum absolute atomic E-state index is 0.337. The van der Waals surface area contributed by atoms with Crippen molar-refractivity contribution in [3.8, 4) is 0 Å². The summed E-state index contributed by atoms with van der Waals surface area (Å²) < 4.78 is 0. The first-order chi connectivity index (χ1) is 6.31. The van der Waals surface area contributed by atoms with Crippen LogP contribution in [-0.2, 0) is 0 Å². The quantitative estimate of drug-likeness (QED) is 0.743. The molecule has 0 aliphatic heterocycles. The van der Waals surface area contributed by atoms with Gasteiger partial charge in [0, 0.05) is 5.92 Å². The molecule has 70 valence electrons. The van der Waals surface area contributed by atoms with E-state index in [0.717, 1.165) is 18.7 Å². The summed E-state index contributed by atoms with van der Waals surface area (Å²) in [7, 11) is 0. The molecule has 0 atom stereocenters. The number of halogens is 1. The van der Waals surface area contributed by atoms with Gasteiger partial charge in [-0.05, 0) is 12.8 Å². The van der Waals surface area contributed by atoms with Crippen LogP contribution in [0, 0.1) is 0 Å². The van der Waals surface area contributed by atoms with E-state index in [1.165, 1.54) is 12.8 Å². The molecule has 1 aliphatic carbocycles. The fourth-order valence-corrected chi connectivity index (χ4v) is 2.04. The second kappa shape index (κ2) is 3.50. The van der Waals surface area contributed by atoms with E-state index in [0.29, 0.717) is 23.1 Å². The summed E-state index contributed by atoms with van der Waals surface area (Å²) in [6.45, 7) is 0. The van der Waals surface area contributed by atoms with Crippen LogP contribution >= 0.6 is 11.6 Å². The minimum atomic E-state index is 0.337. The van der Waals surface area contributed by atoms with Gasteiger partial charge < -0.3 is 4.98 Å². The van der Waals surface area contributed by atoms with Crippen molar-refractivity contribution in [3.63, 3.8) is 0 Å². The van der Waals surface area contributed by atoms with Crippen LogP contribution in [-0.4, -0.2) is 16.3 Å². The molecule has 0 radical (unpaired) electrons. The molecule has 1 saturated carbocycles. The van der Waals surface area contributed by atoms with Gasteiger partial charge in [-0.2, -0.15) is 0 Å². The fraction of sp³-hybridized carbons (Fsp3) is 0.556. The number of nitrogens with zero attached hydrogens (tertiary/aromatic N) is 1.